The molecule has 3 aromatic rings. The van der Waals surface area contributed by atoms with Gasteiger partial charge in [0, 0.05) is 6.61 Å². The van der Waals surface area contributed by atoms with Crippen molar-refractivity contribution in [2.24, 2.45) is 0 Å². The minimum absolute atomic E-state index is 0.320. The van der Waals surface area contributed by atoms with Crippen LogP contribution in [-0.4, -0.2) is 18.3 Å². The first kappa shape index (κ1) is 29.0. The third-order valence-corrected chi connectivity index (χ3v) is 7.38. The van der Waals surface area contributed by atoms with Crippen LogP contribution in [-0.2, 0) is 32.1 Å². The van der Waals surface area contributed by atoms with Gasteiger partial charge in [-0.25, -0.2) is 0 Å². The summed E-state index contributed by atoms with van der Waals surface area (Å²) >= 11 is 0. The molecule has 0 aliphatic rings. The van der Waals surface area contributed by atoms with Crippen molar-refractivity contribution in [3.63, 3.8) is 0 Å². The predicted octanol–water partition coefficient (Wildman–Crippen LogP) is 8.62. The number of aliphatic hydroxyl groups is 1. The second kappa shape index (κ2) is 17.0. The molecule has 3 rings (SSSR count). The molecule has 0 amide bonds. The van der Waals surface area contributed by atoms with Crippen LogP contribution >= 0.6 is 0 Å². The molecule has 0 heterocycles. The number of unbranched alkanes of at least 4 members (excludes halogenated alkanes) is 6. The average Bonchev–Trinajstić information content (AvgIpc) is 2.92. The van der Waals surface area contributed by atoms with Crippen molar-refractivity contribution < 1.29 is 9.84 Å². The Morgan fingerprint density at radius 2 is 1.14 bits per heavy atom. The van der Waals surface area contributed by atoms with Crippen LogP contribution < -0.4 is 4.74 Å². The molecule has 0 aliphatic heterocycles. The molecule has 0 aromatic heterocycles. The third kappa shape index (κ3) is 11.1. The van der Waals surface area contributed by atoms with E-state index < -0.39 is 0 Å². The molecular formula is C35H48O2. The van der Waals surface area contributed by atoms with E-state index in [4.69, 9.17) is 9.84 Å². The van der Waals surface area contributed by atoms with Gasteiger partial charge < -0.3 is 9.84 Å². The standard InChI is InChI=1S/C35H48O2/c1-3-4-5-10-27-37-35-24-20-32(21-25-35)16-17-33-19-23-34(29(2)28-33)22-18-31-14-12-30(13-15-31)11-8-6-7-9-26-36/h12-15,19-21,23-25,28,36H,3-11,16-18,22,26-27H2,1-2H3. The largest absolute Gasteiger partial charge is 0.494 e. The highest BCUT2D eigenvalue weighted by molar-refractivity contribution is 5.34. The minimum Gasteiger partial charge on any atom is -0.494 e. The third-order valence-electron chi connectivity index (χ3n) is 7.38. The average molecular weight is 501 g/mol. The maximum absolute atomic E-state index is 8.88. The first-order valence-corrected chi connectivity index (χ1v) is 14.7. The number of hydrogen-bond donors (Lipinski definition) is 1. The highest BCUT2D eigenvalue weighted by Gasteiger charge is 2.04. The number of ether oxygens (including phenoxy) is 1. The zero-order valence-electron chi connectivity index (χ0n) is 23.3. The molecule has 1 N–H and O–H groups in total. The zero-order chi connectivity index (χ0) is 26.1. The van der Waals surface area contributed by atoms with Gasteiger partial charge in [-0.2, -0.15) is 0 Å². The summed E-state index contributed by atoms with van der Waals surface area (Å²) in [7, 11) is 0. The van der Waals surface area contributed by atoms with Crippen molar-refractivity contribution in [1.29, 1.82) is 0 Å². The van der Waals surface area contributed by atoms with Gasteiger partial charge in [0.2, 0.25) is 0 Å². The molecule has 2 heteroatoms. The SMILES string of the molecule is CCCCCCOc1ccc(CCc2ccc(CCc3ccc(CCCCCCO)cc3)c(C)c2)cc1. The smallest absolute Gasteiger partial charge is 0.119 e. The van der Waals surface area contributed by atoms with E-state index in [0.717, 1.165) is 63.7 Å². The fourth-order valence-electron chi connectivity index (χ4n) is 4.90. The summed E-state index contributed by atoms with van der Waals surface area (Å²) in [6, 6.07) is 24.9. The van der Waals surface area contributed by atoms with Gasteiger partial charge in [0.05, 0.1) is 6.61 Å². The van der Waals surface area contributed by atoms with E-state index in [1.54, 1.807) is 0 Å². The van der Waals surface area contributed by atoms with Gasteiger partial charge in [-0.05, 0) is 104 Å². The second-order valence-corrected chi connectivity index (χ2v) is 10.5. The summed E-state index contributed by atoms with van der Waals surface area (Å²) in [5, 5.41) is 8.88. The molecule has 0 aliphatic carbocycles. The molecule has 0 saturated carbocycles. The van der Waals surface area contributed by atoms with Gasteiger partial charge in [-0.15, -0.1) is 0 Å². The van der Waals surface area contributed by atoms with Gasteiger partial charge in [0.25, 0.3) is 0 Å². The molecule has 0 fully saturated rings. The topological polar surface area (TPSA) is 29.5 Å². The van der Waals surface area contributed by atoms with Crippen LogP contribution in [0.25, 0.3) is 0 Å². The van der Waals surface area contributed by atoms with Crippen LogP contribution in [0.2, 0.25) is 0 Å². The molecule has 0 atom stereocenters. The first-order chi connectivity index (χ1) is 18.2. The van der Waals surface area contributed by atoms with Crippen molar-refractivity contribution in [1.82, 2.24) is 0 Å². The molecule has 200 valence electrons. The van der Waals surface area contributed by atoms with Crippen LogP contribution in [0.5, 0.6) is 5.75 Å². The van der Waals surface area contributed by atoms with Crippen molar-refractivity contribution >= 4 is 0 Å². The maximum atomic E-state index is 8.88. The molecule has 37 heavy (non-hydrogen) atoms. The highest BCUT2D eigenvalue weighted by atomic mass is 16.5. The second-order valence-electron chi connectivity index (χ2n) is 10.5. The Morgan fingerprint density at radius 1 is 0.568 bits per heavy atom. The van der Waals surface area contributed by atoms with E-state index in [1.807, 2.05) is 0 Å². The van der Waals surface area contributed by atoms with Crippen LogP contribution in [0, 0.1) is 6.92 Å². The Morgan fingerprint density at radius 3 is 1.81 bits per heavy atom. The Labute approximate surface area is 226 Å². The zero-order valence-corrected chi connectivity index (χ0v) is 23.3. The fraction of sp³-hybridized carbons (Fsp3) is 0.486. The van der Waals surface area contributed by atoms with Gasteiger partial charge in [-0.1, -0.05) is 93.6 Å². The van der Waals surface area contributed by atoms with Gasteiger partial charge >= 0.3 is 0 Å². The molecular weight excluding hydrogens is 452 g/mol. The Bertz CT molecular complexity index is 1000. The maximum Gasteiger partial charge on any atom is 0.119 e. The van der Waals surface area contributed by atoms with Crippen molar-refractivity contribution in [3.05, 3.63) is 100 Å². The van der Waals surface area contributed by atoms with Crippen molar-refractivity contribution in [2.45, 2.75) is 97.3 Å². The lowest BCUT2D eigenvalue weighted by Crippen LogP contribution is -1.99. The summed E-state index contributed by atoms with van der Waals surface area (Å²) in [4.78, 5) is 0. The van der Waals surface area contributed by atoms with Gasteiger partial charge in [-0.3, -0.25) is 0 Å². The molecule has 3 aromatic carbocycles. The molecule has 0 bridgehead atoms. The van der Waals surface area contributed by atoms with Gasteiger partial charge in [0.15, 0.2) is 0 Å². The van der Waals surface area contributed by atoms with Gasteiger partial charge in [0.1, 0.15) is 5.75 Å². The normalized spacial score (nSPS) is 11.1. The molecule has 0 spiro atoms. The van der Waals surface area contributed by atoms with E-state index >= 15 is 0 Å². The van der Waals surface area contributed by atoms with Crippen LogP contribution in [0.3, 0.4) is 0 Å². The fourth-order valence-corrected chi connectivity index (χ4v) is 4.90. The lowest BCUT2D eigenvalue weighted by atomic mass is 9.96. The van der Waals surface area contributed by atoms with E-state index in [9.17, 15) is 0 Å². The highest BCUT2D eigenvalue weighted by Crippen LogP contribution is 2.19. The first-order valence-electron chi connectivity index (χ1n) is 14.7. The summed E-state index contributed by atoms with van der Waals surface area (Å²) in [5.41, 5.74) is 8.49. The summed E-state index contributed by atoms with van der Waals surface area (Å²) in [6.07, 6.45) is 14.9. The predicted molar refractivity (Wildman–Crippen MR) is 158 cm³/mol. The molecule has 0 saturated heterocycles. The van der Waals surface area contributed by atoms with Crippen molar-refractivity contribution in [3.8, 4) is 5.75 Å². The Balaban J connectivity index is 1.39. The summed E-state index contributed by atoms with van der Waals surface area (Å²) < 4.78 is 5.88. The summed E-state index contributed by atoms with van der Waals surface area (Å²) in [5.74, 6) is 0.990. The minimum atomic E-state index is 0.320. The Hall–Kier alpha value is -2.58. The number of aliphatic hydroxyl groups excluding tert-OH is 1. The van der Waals surface area contributed by atoms with E-state index in [0.29, 0.717) is 6.61 Å². The Kier molecular flexibility index (Phi) is 13.3. The van der Waals surface area contributed by atoms with Crippen LogP contribution in [0.4, 0.5) is 0 Å². The lowest BCUT2D eigenvalue weighted by molar-refractivity contribution is 0.282. The number of rotatable bonds is 18. The number of aryl methyl sites for hydroxylation is 6. The number of benzene rings is 3. The molecule has 0 unspecified atom stereocenters. The molecule has 2 nitrogen and oxygen atoms in total. The lowest BCUT2D eigenvalue weighted by Gasteiger charge is -2.10. The monoisotopic (exact) mass is 500 g/mol. The quantitative estimate of drug-likeness (QED) is 0.177. The van der Waals surface area contributed by atoms with E-state index in [2.05, 4.69) is 80.6 Å². The van der Waals surface area contributed by atoms with Crippen LogP contribution in [0.15, 0.2) is 66.7 Å². The summed E-state index contributed by atoms with van der Waals surface area (Å²) in [6.45, 7) is 5.64. The van der Waals surface area contributed by atoms with Crippen molar-refractivity contribution in [2.75, 3.05) is 13.2 Å². The van der Waals surface area contributed by atoms with E-state index in [-0.39, 0.29) is 0 Å². The van der Waals surface area contributed by atoms with Crippen LogP contribution in [0.1, 0.15) is 91.7 Å². The van der Waals surface area contributed by atoms with E-state index in [1.165, 1.54) is 65.5 Å². The number of hydrogen-bond acceptors (Lipinski definition) is 2. The molecule has 0 radical (unpaired) electrons.